The summed E-state index contributed by atoms with van der Waals surface area (Å²) in [5, 5.41) is 0. The summed E-state index contributed by atoms with van der Waals surface area (Å²) in [5.41, 5.74) is 5.97. The molecule has 3 N–H and O–H groups in total. The van der Waals surface area contributed by atoms with E-state index in [9.17, 15) is 17.2 Å². The van der Waals surface area contributed by atoms with Crippen molar-refractivity contribution in [2.45, 2.75) is 42.8 Å². The van der Waals surface area contributed by atoms with Gasteiger partial charge in [-0.2, -0.15) is 4.72 Å². The Morgan fingerprint density at radius 2 is 1.90 bits per heavy atom. The van der Waals surface area contributed by atoms with Crippen LogP contribution < -0.4 is 15.6 Å². The van der Waals surface area contributed by atoms with Gasteiger partial charge in [0.25, 0.3) is 0 Å². The lowest BCUT2D eigenvalue weighted by Gasteiger charge is -2.27. The lowest BCUT2D eigenvalue weighted by molar-refractivity contribution is 0.298. The number of sulfonamides is 1. The fraction of sp³-hybridized carbons (Fsp3) is 0.538. The highest BCUT2D eigenvalue weighted by molar-refractivity contribution is 7.89. The van der Waals surface area contributed by atoms with Crippen molar-refractivity contribution >= 4 is 10.0 Å². The van der Waals surface area contributed by atoms with Crippen molar-refractivity contribution in [3.63, 3.8) is 0 Å². The van der Waals surface area contributed by atoms with Crippen LogP contribution in [0.15, 0.2) is 23.1 Å². The predicted molar refractivity (Wildman–Crippen MR) is 72.5 cm³/mol. The van der Waals surface area contributed by atoms with Crippen LogP contribution in [0.5, 0.6) is 0 Å². The van der Waals surface area contributed by atoms with E-state index in [4.69, 9.17) is 0 Å². The third-order valence-electron chi connectivity index (χ3n) is 4.14. The number of fused-ring (bicyclic) bond motifs is 1. The smallest absolute Gasteiger partial charge is 0.244 e. The molecule has 1 aromatic rings. The Kier molecular flexibility index (Phi) is 3.96. The summed E-state index contributed by atoms with van der Waals surface area (Å²) in [6.07, 6.45) is 3.50. The Morgan fingerprint density at radius 3 is 2.71 bits per heavy atom. The zero-order chi connectivity index (χ0) is 15.0. The first-order valence-electron chi connectivity index (χ1n) is 6.96. The van der Waals surface area contributed by atoms with E-state index in [1.54, 1.807) is 0 Å². The molecular formula is C13H17F2N3O2S. The number of benzene rings is 1. The number of hydrazine groups is 1. The average Bonchev–Trinajstić information content (AvgIpc) is 2.84. The van der Waals surface area contributed by atoms with Crippen molar-refractivity contribution < 1.29 is 17.2 Å². The van der Waals surface area contributed by atoms with Gasteiger partial charge in [-0.05, 0) is 31.0 Å². The van der Waals surface area contributed by atoms with Crippen molar-refractivity contribution in [2.75, 3.05) is 0 Å². The maximum Gasteiger partial charge on any atom is 0.244 e. The van der Waals surface area contributed by atoms with Gasteiger partial charge in [-0.15, -0.1) is 0 Å². The summed E-state index contributed by atoms with van der Waals surface area (Å²) in [6.45, 7) is 0. The Morgan fingerprint density at radius 1 is 1.14 bits per heavy atom. The molecule has 0 spiro atoms. The van der Waals surface area contributed by atoms with Gasteiger partial charge in [-0.25, -0.2) is 22.6 Å². The van der Waals surface area contributed by atoms with Crippen molar-refractivity contribution in [2.24, 2.45) is 5.92 Å². The van der Waals surface area contributed by atoms with Gasteiger partial charge in [0.05, 0.1) is 6.17 Å². The van der Waals surface area contributed by atoms with E-state index < -0.39 is 32.7 Å². The summed E-state index contributed by atoms with van der Waals surface area (Å²) in [4.78, 5) is -0.663. The lowest BCUT2D eigenvalue weighted by atomic mass is 9.84. The fourth-order valence-corrected chi connectivity index (χ4v) is 4.36. The molecule has 0 amide bonds. The first-order chi connectivity index (χ1) is 9.97. The van der Waals surface area contributed by atoms with Gasteiger partial charge < -0.3 is 0 Å². The topological polar surface area (TPSA) is 70.2 Å². The highest BCUT2D eigenvalue weighted by atomic mass is 32.2. The van der Waals surface area contributed by atoms with E-state index in [0.29, 0.717) is 6.07 Å². The minimum atomic E-state index is -4.11. The third kappa shape index (κ3) is 2.94. The largest absolute Gasteiger partial charge is 0.253 e. The maximum atomic E-state index is 13.7. The molecule has 1 saturated heterocycles. The summed E-state index contributed by atoms with van der Waals surface area (Å²) in [6, 6.07) is 2.61. The van der Waals surface area contributed by atoms with Crippen LogP contribution in [0.3, 0.4) is 0 Å². The molecule has 1 saturated carbocycles. The zero-order valence-electron chi connectivity index (χ0n) is 11.3. The van der Waals surface area contributed by atoms with Crippen LogP contribution in [0.1, 0.15) is 25.7 Å². The standard InChI is InChI=1S/C13H17F2N3O2S/c14-8-5-6-10(15)12(7-8)21(19,20)18-13-9-3-1-2-4-11(9)16-17-13/h5-7,9,11,13,16-18H,1-4H2. The second-order valence-electron chi connectivity index (χ2n) is 5.52. The number of nitrogens with one attached hydrogen (secondary N) is 3. The van der Waals surface area contributed by atoms with Gasteiger partial charge in [0.15, 0.2) is 0 Å². The van der Waals surface area contributed by atoms with Crippen LogP contribution in [-0.4, -0.2) is 20.6 Å². The molecule has 1 aliphatic carbocycles. The summed E-state index contributed by atoms with van der Waals surface area (Å²) in [5.74, 6) is -1.63. The van der Waals surface area contributed by atoms with Gasteiger partial charge >= 0.3 is 0 Å². The molecule has 0 radical (unpaired) electrons. The number of rotatable bonds is 3. The molecule has 116 valence electrons. The molecule has 1 heterocycles. The van der Waals surface area contributed by atoms with Crippen molar-refractivity contribution in [3.8, 4) is 0 Å². The summed E-state index contributed by atoms with van der Waals surface area (Å²) < 4.78 is 53.8. The minimum absolute atomic E-state index is 0.116. The average molecular weight is 317 g/mol. The van der Waals surface area contributed by atoms with Crippen LogP contribution in [0, 0.1) is 17.6 Å². The monoisotopic (exact) mass is 317 g/mol. The molecule has 3 unspecified atom stereocenters. The van der Waals surface area contributed by atoms with Crippen LogP contribution >= 0.6 is 0 Å². The van der Waals surface area contributed by atoms with Crippen LogP contribution in [-0.2, 0) is 10.0 Å². The molecule has 5 nitrogen and oxygen atoms in total. The van der Waals surface area contributed by atoms with Gasteiger partial charge in [0, 0.05) is 12.0 Å². The van der Waals surface area contributed by atoms with E-state index in [0.717, 1.165) is 37.8 Å². The highest BCUT2D eigenvalue weighted by Gasteiger charge is 2.39. The van der Waals surface area contributed by atoms with Crippen molar-refractivity contribution in [3.05, 3.63) is 29.8 Å². The number of halogens is 2. The number of hydrogen-bond acceptors (Lipinski definition) is 4. The molecule has 1 aromatic carbocycles. The minimum Gasteiger partial charge on any atom is -0.253 e. The lowest BCUT2D eigenvalue weighted by Crippen LogP contribution is -2.47. The van der Waals surface area contributed by atoms with E-state index in [1.165, 1.54) is 0 Å². The van der Waals surface area contributed by atoms with E-state index in [1.807, 2.05) is 0 Å². The van der Waals surface area contributed by atoms with E-state index in [-0.39, 0.29) is 12.0 Å². The van der Waals surface area contributed by atoms with Crippen LogP contribution in [0.2, 0.25) is 0 Å². The Balaban J connectivity index is 1.81. The molecular weight excluding hydrogens is 300 g/mol. The first kappa shape index (κ1) is 14.8. The molecule has 0 bridgehead atoms. The van der Waals surface area contributed by atoms with Gasteiger partial charge in [0.2, 0.25) is 10.0 Å². The molecule has 2 aliphatic rings. The van der Waals surface area contributed by atoms with Crippen molar-refractivity contribution in [1.29, 1.82) is 0 Å². The molecule has 21 heavy (non-hydrogen) atoms. The van der Waals surface area contributed by atoms with E-state index in [2.05, 4.69) is 15.6 Å². The molecule has 3 rings (SSSR count). The first-order valence-corrected chi connectivity index (χ1v) is 8.44. The van der Waals surface area contributed by atoms with Crippen LogP contribution in [0.4, 0.5) is 8.78 Å². The third-order valence-corrected chi connectivity index (χ3v) is 5.59. The second-order valence-corrected chi connectivity index (χ2v) is 7.20. The Labute approximate surface area is 122 Å². The quantitative estimate of drug-likeness (QED) is 0.784. The molecule has 2 fully saturated rings. The van der Waals surface area contributed by atoms with Crippen LogP contribution in [0.25, 0.3) is 0 Å². The number of hydrogen-bond donors (Lipinski definition) is 3. The predicted octanol–water partition coefficient (Wildman–Crippen LogP) is 1.24. The highest BCUT2D eigenvalue weighted by Crippen LogP contribution is 2.30. The molecule has 8 heteroatoms. The second kappa shape index (κ2) is 5.60. The summed E-state index contributed by atoms with van der Waals surface area (Å²) >= 11 is 0. The molecule has 0 aromatic heterocycles. The fourth-order valence-electron chi connectivity index (χ4n) is 3.07. The van der Waals surface area contributed by atoms with Crippen molar-refractivity contribution in [1.82, 2.24) is 15.6 Å². The SMILES string of the molecule is O=S(=O)(NC1NNC2CCCCC21)c1cc(F)ccc1F. The van der Waals surface area contributed by atoms with Gasteiger partial charge in [-0.3, -0.25) is 5.43 Å². The molecule has 3 atom stereocenters. The van der Waals surface area contributed by atoms with E-state index >= 15 is 0 Å². The van der Waals surface area contributed by atoms with Gasteiger partial charge in [-0.1, -0.05) is 12.8 Å². The summed E-state index contributed by atoms with van der Waals surface area (Å²) in [7, 11) is -4.11. The Bertz CT molecular complexity index is 638. The van der Waals surface area contributed by atoms with Gasteiger partial charge in [0.1, 0.15) is 16.5 Å². The zero-order valence-corrected chi connectivity index (χ0v) is 12.1. The molecule has 1 aliphatic heterocycles. The maximum absolute atomic E-state index is 13.7. The normalized spacial score (nSPS) is 29.3. The Hall–Kier alpha value is -1.09.